The number of urea groups is 1. The molecule has 8 heterocycles. The fourth-order valence-electron chi connectivity index (χ4n) is 17.9. The average molecular weight is 2180 g/mol. The topological polar surface area (TPSA) is 272 Å². The van der Waals surface area contributed by atoms with Crippen molar-refractivity contribution in [2.75, 3.05) is 187 Å². The van der Waals surface area contributed by atoms with Crippen LogP contribution < -0.4 is 28.4 Å². The fraction of sp³-hybridized carbons (Fsp3) is 0.467. The molecule has 9 aromatic carbocycles. The van der Waals surface area contributed by atoms with Gasteiger partial charge in [-0.05, 0) is 262 Å². The predicted octanol–water partition coefficient (Wildman–Crippen LogP) is 19.3. The van der Waals surface area contributed by atoms with Crippen LogP contribution in [0.1, 0.15) is 115 Å². The van der Waals surface area contributed by atoms with Crippen LogP contribution in [0.15, 0.2) is 240 Å². The standard InChI is InChI=1S/C24H32N2O3S2.C23H28N2O2S.C20H34N2O3S2.C17H19NO3S2.C12H15NO3S2.C11H15NO3S2/c1-29-23-7-8-24-22(18-23)19-26(13-15-30-24)31(27,28)16-14-25-11-9-21(10-12-25)17-20-5-3-2-4-6-20;1-27-21-7-8-22-20(16-21)17-25(13-14-28-22)23(26)24-11-9-19(10-12-24)15-18-5-3-2-4-6-18;1-4-6-10-21(11-7-5-2)13-15-27(23,24)22-12-14-26-20-9-8-19(25-3)16-18(20)17-22;1-13-3-6-16(7-4-13)23(19,20)18-9-10-22-17-8-5-15(21-2)11-14(17)12-18;1-3-18(14,15)13-6-7-17-12-5-4-11(16-2)8-10(12)9-13;1-15-10-3-4-11-9(7-10)8-12(5-6-16-11)17(2,13)14/h2-8,18,21H,9-17,19H2,1H3;2-8,16,19H,9-15,17H2,1H3;8-9,16H,4-7,10-15,17H2,1-3H3;3-8,11H,9-10,12H2,1-2H3;3-5,8H,1,6-7,9H2,2H3;3-4,7H,5-6,8H2,1-2H3. The number of carbonyl (C=O) groups is 1. The quantitative estimate of drug-likeness (QED) is 0.0421. The van der Waals surface area contributed by atoms with Gasteiger partial charge in [0.15, 0.2) is 0 Å². The summed E-state index contributed by atoms with van der Waals surface area (Å²) in [6.07, 6.45) is 12.5. The molecule has 0 unspecified atom stereocenters. The summed E-state index contributed by atoms with van der Waals surface area (Å²) in [6.45, 7) is 22.8. The number of hydrogen-bond acceptors (Lipinski definition) is 25. The minimum Gasteiger partial charge on any atom is -0.497 e. The second-order valence-electron chi connectivity index (χ2n) is 36.4. The summed E-state index contributed by atoms with van der Waals surface area (Å²) in [6, 6.07) is 64.0. The predicted molar refractivity (Wildman–Crippen MR) is 590 cm³/mol. The maximum absolute atomic E-state index is 13.1. The number of amides is 2. The Bertz CT molecular complexity index is 6230. The van der Waals surface area contributed by atoms with E-state index in [1.165, 1.54) is 36.5 Å². The number of unbranched alkanes of at least 4 members (excludes halogenated alkanes) is 2. The van der Waals surface area contributed by atoms with Crippen LogP contribution in [0.4, 0.5) is 4.79 Å². The third-order valence-corrected chi connectivity index (χ3v) is 41.1. The molecule has 8 aliphatic heterocycles. The van der Waals surface area contributed by atoms with Gasteiger partial charge in [-0.1, -0.05) is 112 Å². The first-order valence-corrected chi connectivity index (χ1v) is 63.2. The van der Waals surface area contributed by atoms with Gasteiger partial charge in [-0.15, -0.1) is 70.6 Å². The molecule has 0 aromatic heterocycles. The Morgan fingerprint density at radius 1 is 0.375 bits per heavy atom. The summed E-state index contributed by atoms with van der Waals surface area (Å²) < 4.78 is 164. The number of methoxy groups -OCH3 is 6. The van der Waals surface area contributed by atoms with E-state index in [2.05, 4.69) is 108 Å². The summed E-state index contributed by atoms with van der Waals surface area (Å²) in [5.41, 5.74) is 10.1. The van der Waals surface area contributed by atoms with Gasteiger partial charge >= 0.3 is 6.03 Å². The van der Waals surface area contributed by atoms with Gasteiger partial charge in [0.25, 0.3) is 0 Å². The SMILES string of the molecule is C=CS(=O)(=O)N1CCSc2ccc(OC)cc2C1.CCCCN(CCCC)CCS(=O)(=O)N1CCSc2ccc(OC)cc2C1.COc1ccc2c(c1)CN(C(=O)N1CCC(Cc3ccccc3)CC1)CCS2.COc1ccc2c(c1)CN(S(=O)(=O)CCN1CCC(Cc3ccccc3)CC1)CCS2.COc1ccc2c(c1)CN(S(=O)(=O)c1ccc(C)cc1)CCS2.COc1ccc2c(c1)CN(S(C)(=O)=O)CCS2. The number of fused-ring (bicyclic) bond motifs is 6. The van der Waals surface area contributed by atoms with Crippen LogP contribution in [0.3, 0.4) is 0 Å². The molecule has 9 aromatic rings. The average Bonchev–Trinajstić information content (AvgIpc) is 1.54. The maximum atomic E-state index is 13.1. The highest BCUT2D eigenvalue weighted by Gasteiger charge is 2.35. The highest BCUT2D eigenvalue weighted by atomic mass is 32.2. The number of nitrogens with zero attached hydrogens (tertiary/aromatic N) is 9. The number of carbonyl (C=O) groups excluding carboxylic acids is 1. The van der Waals surface area contributed by atoms with Crippen molar-refractivity contribution in [2.45, 2.75) is 159 Å². The molecular weight excluding hydrogens is 2040 g/mol. The van der Waals surface area contributed by atoms with E-state index in [1.54, 1.807) is 127 Å². The Morgan fingerprint density at radius 2 is 0.701 bits per heavy atom. The smallest absolute Gasteiger partial charge is 0.320 e. The maximum Gasteiger partial charge on any atom is 0.320 e. The number of likely N-dealkylation sites (tertiary alicyclic amines) is 2. The van der Waals surface area contributed by atoms with Crippen LogP contribution >= 0.6 is 70.6 Å². The van der Waals surface area contributed by atoms with Crippen LogP contribution in [-0.4, -0.2) is 276 Å². The molecule has 784 valence electrons. The van der Waals surface area contributed by atoms with Gasteiger partial charge in [0.1, 0.15) is 34.5 Å². The molecule has 2 fully saturated rings. The molecule has 0 N–H and O–H groups in total. The first-order valence-electron chi connectivity index (χ1n) is 49.3. The van der Waals surface area contributed by atoms with Gasteiger partial charge in [-0.2, -0.15) is 21.5 Å². The van der Waals surface area contributed by atoms with Gasteiger partial charge in [0.05, 0.1) is 65.3 Å². The van der Waals surface area contributed by atoms with E-state index >= 15 is 0 Å². The van der Waals surface area contributed by atoms with E-state index in [1.807, 2.05) is 133 Å². The number of sulfonamides is 5. The lowest BCUT2D eigenvalue weighted by atomic mass is 9.90. The van der Waals surface area contributed by atoms with Crippen molar-refractivity contribution in [1.29, 1.82) is 0 Å². The first kappa shape index (κ1) is 115. The molecule has 0 saturated carbocycles. The summed E-state index contributed by atoms with van der Waals surface area (Å²) in [5, 5.41) is 1.00. The van der Waals surface area contributed by atoms with Crippen LogP contribution in [-0.2, 0) is 102 Å². The highest BCUT2D eigenvalue weighted by molar-refractivity contribution is 8.01. The van der Waals surface area contributed by atoms with Crippen molar-refractivity contribution in [1.82, 2.24) is 41.1 Å². The van der Waals surface area contributed by atoms with Crippen molar-refractivity contribution >= 4 is 127 Å². The minimum atomic E-state index is -3.49. The van der Waals surface area contributed by atoms with Gasteiger partial charge in [-0.25, -0.2) is 46.9 Å². The molecule has 17 rings (SSSR count). The van der Waals surface area contributed by atoms with Gasteiger partial charge in [0.2, 0.25) is 50.1 Å². The lowest BCUT2D eigenvalue weighted by Gasteiger charge is -2.35. The molecule has 37 heteroatoms. The lowest BCUT2D eigenvalue weighted by Crippen LogP contribution is -2.47. The van der Waals surface area contributed by atoms with E-state index in [0.29, 0.717) is 102 Å². The molecule has 0 radical (unpaired) electrons. The monoisotopic (exact) mass is 2180 g/mol. The lowest BCUT2D eigenvalue weighted by molar-refractivity contribution is 0.132. The van der Waals surface area contributed by atoms with Crippen LogP contribution in [0.5, 0.6) is 34.5 Å². The minimum absolute atomic E-state index is 0.189. The van der Waals surface area contributed by atoms with E-state index in [0.717, 1.165) is 242 Å². The van der Waals surface area contributed by atoms with Gasteiger partial charge in [-0.3, -0.25) is 0 Å². The van der Waals surface area contributed by atoms with Crippen molar-refractivity contribution in [3.05, 3.63) is 256 Å². The number of hydrogen-bond donors (Lipinski definition) is 0. The third-order valence-electron chi connectivity index (χ3n) is 26.4. The Labute approximate surface area is 883 Å². The molecule has 26 nitrogen and oxygen atoms in total. The zero-order chi connectivity index (χ0) is 103. The number of aryl methyl sites for hydroxylation is 1. The highest BCUT2D eigenvalue weighted by Crippen LogP contribution is 2.40. The van der Waals surface area contributed by atoms with Crippen molar-refractivity contribution in [3.8, 4) is 34.5 Å². The van der Waals surface area contributed by atoms with E-state index < -0.39 is 50.1 Å². The Morgan fingerprint density at radius 3 is 1.07 bits per heavy atom. The van der Waals surface area contributed by atoms with E-state index in [4.69, 9.17) is 28.4 Å². The zero-order valence-electron chi connectivity index (χ0n) is 84.7. The second-order valence-corrected chi connectivity index (χ2v) is 53.2. The molecule has 0 atom stereocenters. The zero-order valence-corrected chi connectivity index (χ0v) is 93.7. The number of ether oxygens (including phenoxy) is 6. The van der Waals surface area contributed by atoms with Crippen LogP contribution in [0, 0.1) is 18.8 Å². The van der Waals surface area contributed by atoms with Gasteiger partial charge in [0, 0.05) is 174 Å². The summed E-state index contributed by atoms with van der Waals surface area (Å²) in [4.78, 5) is 29.1. The van der Waals surface area contributed by atoms with Crippen molar-refractivity contribution in [3.63, 3.8) is 0 Å². The number of benzene rings is 9. The van der Waals surface area contributed by atoms with Crippen LogP contribution in [0.25, 0.3) is 0 Å². The molecule has 0 spiro atoms. The van der Waals surface area contributed by atoms with Crippen molar-refractivity contribution < 1.29 is 75.3 Å². The first-order chi connectivity index (χ1) is 69.3. The second kappa shape index (κ2) is 56.8. The molecule has 0 aliphatic carbocycles. The Kier molecular flexibility index (Phi) is 45.4. The normalized spacial score (nSPS) is 17.1. The summed E-state index contributed by atoms with van der Waals surface area (Å²) in [7, 11) is -6.75. The molecule has 2 saturated heterocycles. The summed E-state index contributed by atoms with van der Waals surface area (Å²) in [5.74, 6) is 11.2. The number of rotatable bonds is 29. The van der Waals surface area contributed by atoms with Gasteiger partial charge < -0.3 is 48.0 Å². The number of piperidine rings is 2. The molecule has 8 aliphatic rings. The van der Waals surface area contributed by atoms with Crippen LogP contribution in [0.2, 0.25) is 0 Å². The fourth-order valence-corrected chi connectivity index (χ4v) is 30.5. The van der Waals surface area contributed by atoms with E-state index in [-0.39, 0.29) is 17.5 Å². The Hall–Kier alpha value is -7.64. The van der Waals surface area contributed by atoms with E-state index in [9.17, 15) is 46.9 Å². The number of thioether (sulfide) groups is 6. The summed E-state index contributed by atoms with van der Waals surface area (Å²) >= 11 is 10.3. The third kappa shape index (κ3) is 34.5. The molecular formula is C107H143N9O17S11. The molecule has 2 amide bonds. The molecule has 0 bridgehead atoms. The largest absolute Gasteiger partial charge is 0.497 e. The molecule has 144 heavy (non-hydrogen) atoms. The van der Waals surface area contributed by atoms with Crippen molar-refractivity contribution in [2.24, 2.45) is 11.8 Å². The Balaban J connectivity index is 0.000000156.